The summed E-state index contributed by atoms with van der Waals surface area (Å²) in [5, 5.41) is 0. The number of hydrogen-bond donors (Lipinski definition) is 0. The van der Waals surface area contributed by atoms with Gasteiger partial charge in [0.2, 0.25) is 0 Å². The molecule has 0 radical (unpaired) electrons. The SMILES string of the molecule is COCCS(=O)Cc1ccc(C(=O)OC)cc1Br. The van der Waals surface area contributed by atoms with Crippen LogP contribution in [0.4, 0.5) is 0 Å². The highest BCUT2D eigenvalue weighted by Crippen LogP contribution is 2.20. The summed E-state index contributed by atoms with van der Waals surface area (Å²) in [6.07, 6.45) is 0. The van der Waals surface area contributed by atoms with E-state index in [2.05, 4.69) is 20.7 Å². The van der Waals surface area contributed by atoms with Gasteiger partial charge in [-0.1, -0.05) is 22.0 Å². The average molecular weight is 335 g/mol. The molecule has 0 saturated heterocycles. The predicted molar refractivity (Wildman–Crippen MR) is 74.1 cm³/mol. The molecule has 0 saturated carbocycles. The molecule has 0 heterocycles. The molecule has 100 valence electrons. The van der Waals surface area contributed by atoms with E-state index in [1.165, 1.54) is 7.11 Å². The summed E-state index contributed by atoms with van der Waals surface area (Å²) in [5.41, 5.74) is 1.37. The molecule has 0 bridgehead atoms. The van der Waals surface area contributed by atoms with E-state index in [9.17, 15) is 9.00 Å². The number of carbonyl (C=O) groups excluding carboxylic acids is 1. The third-order valence-electron chi connectivity index (χ3n) is 2.31. The van der Waals surface area contributed by atoms with E-state index >= 15 is 0 Å². The minimum absolute atomic E-state index is 0.386. The van der Waals surface area contributed by atoms with Crippen LogP contribution < -0.4 is 0 Å². The second-order valence-corrected chi connectivity index (χ2v) is 6.01. The summed E-state index contributed by atoms with van der Waals surface area (Å²) < 4.78 is 22.0. The lowest BCUT2D eigenvalue weighted by Crippen LogP contribution is -2.07. The minimum atomic E-state index is -0.971. The number of rotatable bonds is 6. The van der Waals surface area contributed by atoms with Crippen molar-refractivity contribution in [3.05, 3.63) is 33.8 Å². The fourth-order valence-electron chi connectivity index (χ4n) is 1.33. The van der Waals surface area contributed by atoms with Crippen LogP contribution >= 0.6 is 15.9 Å². The molecule has 0 spiro atoms. The van der Waals surface area contributed by atoms with Crippen molar-refractivity contribution in [2.24, 2.45) is 0 Å². The molecule has 4 nitrogen and oxygen atoms in total. The first-order chi connectivity index (χ1) is 8.58. The summed E-state index contributed by atoms with van der Waals surface area (Å²) >= 11 is 3.37. The van der Waals surface area contributed by atoms with Crippen molar-refractivity contribution < 1.29 is 18.5 Å². The van der Waals surface area contributed by atoms with Gasteiger partial charge < -0.3 is 9.47 Å². The van der Waals surface area contributed by atoms with Crippen molar-refractivity contribution in [2.75, 3.05) is 26.6 Å². The molecule has 0 aliphatic rings. The number of ether oxygens (including phenoxy) is 2. The van der Waals surface area contributed by atoms with Crippen LogP contribution in [0.25, 0.3) is 0 Å². The number of hydrogen-bond acceptors (Lipinski definition) is 4. The van der Waals surface area contributed by atoms with Crippen molar-refractivity contribution in [2.45, 2.75) is 5.75 Å². The molecular formula is C12H15BrO4S. The van der Waals surface area contributed by atoms with Gasteiger partial charge in [0, 0.05) is 33.9 Å². The van der Waals surface area contributed by atoms with E-state index in [0.29, 0.717) is 23.7 Å². The molecule has 0 aromatic heterocycles. The second-order valence-electron chi connectivity index (χ2n) is 3.58. The molecule has 1 rings (SSSR count). The first-order valence-electron chi connectivity index (χ1n) is 5.29. The van der Waals surface area contributed by atoms with Crippen LogP contribution in [0.3, 0.4) is 0 Å². The molecule has 6 heteroatoms. The normalized spacial score (nSPS) is 12.2. The highest BCUT2D eigenvalue weighted by atomic mass is 79.9. The molecule has 0 N–H and O–H groups in total. The van der Waals surface area contributed by atoms with Gasteiger partial charge in [-0.3, -0.25) is 4.21 Å². The Morgan fingerprint density at radius 1 is 1.39 bits per heavy atom. The van der Waals surface area contributed by atoms with Gasteiger partial charge in [0.15, 0.2) is 0 Å². The van der Waals surface area contributed by atoms with E-state index in [0.717, 1.165) is 10.0 Å². The van der Waals surface area contributed by atoms with Crippen molar-refractivity contribution in [1.29, 1.82) is 0 Å². The maximum atomic E-state index is 11.7. The summed E-state index contributed by atoms with van der Waals surface area (Å²) in [7, 11) is 1.95. The van der Waals surface area contributed by atoms with Crippen LogP contribution in [0.5, 0.6) is 0 Å². The van der Waals surface area contributed by atoms with Crippen LogP contribution in [0.1, 0.15) is 15.9 Å². The zero-order chi connectivity index (χ0) is 13.5. The van der Waals surface area contributed by atoms with Crippen LogP contribution in [0.2, 0.25) is 0 Å². The van der Waals surface area contributed by atoms with Gasteiger partial charge >= 0.3 is 5.97 Å². The summed E-state index contributed by atoms with van der Waals surface area (Å²) in [6, 6.07) is 5.12. The number of esters is 1. The fourth-order valence-corrected chi connectivity index (χ4v) is 3.13. The number of methoxy groups -OCH3 is 2. The van der Waals surface area contributed by atoms with E-state index in [-0.39, 0.29) is 5.97 Å². The Morgan fingerprint density at radius 3 is 2.67 bits per heavy atom. The third-order valence-corrected chi connectivity index (χ3v) is 4.30. The average Bonchev–Trinajstić information content (AvgIpc) is 2.37. The van der Waals surface area contributed by atoms with Crippen molar-refractivity contribution in [1.82, 2.24) is 0 Å². The monoisotopic (exact) mass is 334 g/mol. The van der Waals surface area contributed by atoms with Crippen molar-refractivity contribution in [3.8, 4) is 0 Å². The lowest BCUT2D eigenvalue weighted by Gasteiger charge is -2.06. The smallest absolute Gasteiger partial charge is 0.337 e. The fraction of sp³-hybridized carbons (Fsp3) is 0.417. The van der Waals surface area contributed by atoms with Crippen LogP contribution in [-0.4, -0.2) is 36.8 Å². The largest absolute Gasteiger partial charge is 0.465 e. The molecule has 1 atom stereocenters. The summed E-state index contributed by atoms with van der Waals surface area (Å²) in [5.74, 6) is 0.551. The number of carbonyl (C=O) groups is 1. The van der Waals surface area contributed by atoms with Crippen LogP contribution in [0.15, 0.2) is 22.7 Å². The molecule has 0 aliphatic carbocycles. The maximum Gasteiger partial charge on any atom is 0.337 e. The zero-order valence-electron chi connectivity index (χ0n) is 10.3. The number of benzene rings is 1. The summed E-state index contributed by atoms with van der Waals surface area (Å²) in [4.78, 5) is 11.3. The van der Waals surface area contributed by atoms with Gasteiger partial charge in [-0.05, 0) is 17.7 Å². The van der Waals surface area contributed by atoms with Gasteiger partial charge in [-0.25, -0.2) is 4.79 Å². The molecule has 0 fully saturated rings. The molecule has 1 aromatic carbocycles. The van der Waals surface area contributed by atoms with Crippen molar-refractivity contribution >= 4 is 32.7 Å². The Morgan fingerprint density at radius 2 is 2.11 bits per heavy atom. The molecule has 0 amide bonds. The van der Waals surface area contributed by atoms with Gasteiger partial charge in [-0.2, -0.15) is 0 Å². The van der Waals surface area contributed by atoms with E-state index in [4.69, 9.17) is 4.74 Å². The quantitative estimate of drug-likeness (QED) is 0.748. The molecule has 1 unspecified atom stereocenters. The van der Waals surface area contributed by atoms with Gasteiger partial charge in [0.05, 0.1) is 19.3 Å². The lowest BCUT2D eigenvalue weighted by molar-refractivity contribution is 0.0600. The van der Waals surface area contributed by atoms with E-state index in [1.807, 2.05) is 0 Å². The standard InChI is InChI=1S/C12H15BrO4S/c1-16-5-6-18(15)8-10-4-3-9(7-11(10)13)12(14)17-2/h3-4,7H,5-6,8H2,1-2H3. The third kappa shape index (κ3) is 4.51. The molecule has 18 heavy (non-hydrogen) atoms. The highest BCUT2D eigenvalue weighted by Gasteiger charge is 2.10. The molecule has 0 aliphatic heterocycles. The Labute approximate surface area is 117 Å². The first kappa shape index (κ1) is 15.3. The molecule has 1 aromatic rings. The van der Waals surface area contributed by atoms with E-state index in [1.54, 1.807) is 25.3 Å². The van der Waals surface area contributed by atoms with Crippen molar-refractivity contribution in [3.63, 3.8) is 0 Å². The second kappa shape index (κ2) is 7.66. The highest BCUT2D eigenvalue weighted by molar-refractivity contribution is 9.10. The summed E-state index contributed by atoms with van der Waals surface area (Å²) in [6.45, 7) is 0.477. The van der Waals surface area contributed by atoms with Gasteiger partial charge in [0.25, 0.3) is 0 Å². The number of halogens is 1. The predicted octanol–water partition coefficient (Wildman–Crippen LogP) is 2.13. The van der Waals surface area contributed by atoms with Gasteiger partial charge in [0.1, 0.15) is 0 Å². The molecular weight excluding hydrogens is 320 g/mol. The Kier molecular flexibility index (Phi) is 6.52. The van der Waals surface area contributed by atoms with Crippen LogP contribution in [0, 0.1) is 0 Å². The van der Waals surface area contributed by atoms with Gasteiger partial charge in [-0.15, -0.1) is 0 Å². The maximum absolute atomic E-state index is 11.7. The Hall–Kier alpha value is -0.720. The zero-order valence-corrected chi connectivity index (χ0v) is 12.7. The first-order valence-corrected chi connectivity index (χ1v) is 7.57. The van der Waals surface area contributed by atoms with E-state index < -0.39 is 10.8 Å². The Bertz CT molecular complexity index is 448. The lowest BCUT2D eigenvalue weighted by atomic mass is 10.1. The topological polar surface area (TPSA) is 52.6 Å². The Balaban J connectivity index is 2.74. The van der Waals surface area contributed by atoms with Crippen LogP contribution in [-0.2, 0) is 26.0 Å². The minimum Gasteiger partial charge on any atom is -0.465 e.